The van der Waals surface area contributed by atoms with Crippen LogP contribution in [0.3, 0.4) is 0 Å². The first-order chi connectivity index (χ1) is 9.19. The quantitative estimate of drug-likeness (QED) is 0.595. The molecule has 3 heterocycles. The molecule has 8 heteroatoms. The highest BCUT2D eigenvalue weighted by Crippen LogP contribution is 2.20. The van der Waals surface area contributed by atoms with Crippen LogP contribution in [0.15, 0.2) is 9.59 Å². The molecule has 0 saturated carbocycles. The number of H-pyrrole nitrogens is 2. The number of nitrogens with zero attached hydrogens (tertiary/aromatic N) is 3. The summed E-state index contributed by atoms with van der Waals surface area (Å²) in [5.74, 6) is 1.29. The molecule has 2 aromatic rings. The maximum Gasteiger partial charge on any atom is 0.315 e. The lowest BCUT2D eigenvalue weighted by Crippen LogP contribution is -2.31. The van der Waals surface area contributed by atoms with Gasteiger partial charge in [-0.15, -0.1) is 0 Å². The largest absolute Gasteiger partial charge is 0.341 e. The van der Waals surface area contributed by atoms with Crippen LogP contribution in [0.5, 0.6) is 0 Å². The van der Waals surface area contributed by atoms with Crippen LogP contribution in [-0.4, -0.2) is 39.7 Å². The molecule has 19 heavy (non-hydrogen) atoms. The lowest BCUT2D eigenvalue weighted by atomic mass is 10.3. The topological polar surface area (TPSA) is 107 Å². The van der Waals surface area contributed by atoms with Crippen molar-refractivity contribution < 1.29 is 0 Å². The Morgan fingerprint density at radius 1 is 1.21 bits per heavy atom. The van der Waals surface area contributed by atoms with E-state index in [-0.39, 0.29) is 0 Å². The van der Waals surface area contributed by atoms with Crippen LogP contribution in [0.4, 0.5) is 5.82 Å². The van der Waals surface area contributed by atoms with Crippen molar-refractivity contribution >= 4 is 17.0 Å². The van der Waals surface area contributed by atoms with E-state index >= 15 is 0 Å². The van der Waals surface area contributed by atoms with E-state index in [1.165, 1.54) is 0 Å². The van der Waals surface area contributed by atoms with E-state index in [4.69, 9.17) is 0 Å². The average Bonchev–Trinajstić information content (AvgIpc) is 2.93. The molecule has 100 valence electrons. The fourth-order valence-corrected chi connectivity index (χ4v) is 2.11. The second kappa shape index (κ2) is 4.47. The van der Waals surface area contributed by atoms with Crippen molar-refractivity contribution in [2.45, 2.75) is 13.3 Å². The van der Waals surface area contributed by atoms with Crippen molar-refractivity contribution in [3.05, 3.63) is 26.5 Å². The standard InChI is InChI=1S/C11H14N6O2/c1-2-6-13-8-7(15-10(18)11(19)16-8)9(14-6)17-4-3-12-5-17/h12H,2-5H2,1H3,(H,15,18)(H,13,14,16,19). The normalized spacial score (nSPS) is 15.3. The summed E-state index contributed by atoms with van der Waals surface area (Å²) >= 11 is 0. The molecule has 1 fully saturated rings. The third-order valence-corrected chi connectivity index (χ3v) is 3.09. The number of aryl methyl sites for hydroxylation is 1. The molecule has 8 nitrogen and oxygen atoms in total. The van der Waals surface area contributed by atoms with E-state index in [0.29, 0.717) is 35.9 Å². The highest BCUT2D eigenvalue weighted by molar-refractivity contribution is 5.82. The van der Waals surface area contributed by atoms with E-state index in [2.05, 4.69) is 25.3 Å². The Hall–Kier alpha value is -2.22. The summed E-state index contributed by atoms with van der Waals surface area (Å²) in [4.78, 5) is 38.6. The van der Waals surface area contributed by atoms with Crippen molar-refractivity contribution in [3.63, 3.8) is 0 Å². The number of hydrogen-bond acceptors (Lipinski definition) is 6. The minimum absolute atomic E-state index is 0.373. The first kappa shape index (κ1) is 11.8. The van der Waals surface area contributed by atoms with E-state index in [1.807, 2.05) is 11.8 Å². The molecule has 0 spiro atoms. The summed E-state index contributed by atoms with van der Waals surface area (Å²) in [6.45, 7) is 4.27. The van der Waals surface area contributed by atoms with Gasteiger partial charge in [0.1, 0.15) is 11.3 Å². The Balaban J connectivity index is 2.30. The zero-order chi connectivity index (χ0) is 13.4. The lowest BCUT2D eigenvalue weighted by molar-refractivity contribution is 0.840. The Kier molecular flexibility index (Phi) is 2.79. The van der Waals surface area contributed by atoms with Gasteiger partial charge in [0.2, 0.25) is 0 Å². The van der Waals surface area contributed by atoms with Crippen molar-refractivity contribution in [2.24, 2.45) is 0 Å². The summed E-state index contributed by atoms with van der Waals surface area (Å²) in [7, 11) is 0. The van der Waals surface area contributed by atoms with Gasteiger partial charge in [-0.3, -0.25) is 14.9 Å². The number of fused-ring (bicyclic) bond motifs is 1. The van der Waals surface area contributed by atoms with E-state index in [9.17, 15) is 9.59 Å². The molecule has 0 aliphatic carbocycles. The molecule has 1 aliphatic heterocycles. The van der Waals surface area contributed by atoms with Gasteiger partial charge < -0.3 is 14.9 Å². The van der Waals surface area contributed by atoms with Crippen LogP contribution in [0.25, 0.3) is 11.2 Å². The summed E-state index contributed by atoms with van der Waals surface area (Å²) in [5, 5.41) is 3.20. The third-order valence-electron chi connectivity index (χ3n) is 3.09. The molecule has 0 atom stereocenters. The predicted octanol–water partition coefficient (Wildman–Crippen LogP) is -1.06. The molecule has 0 radical (unpaired) electrons. The molecule has 1 aliphatic rings. The number of hydrogen-bond donors (Lipinski definition) is 3. The number of anilines is 1. The first-order valence-corrected chi connectivity index (χ1v) is 6.18. The molecule has 3 rings (SSSR count). The monoisotopic (exact) mass is 262 g/mol. The maximum atomic E-state index is 11.5. The molecular weight excluding hydrogens is 248 g/mol. The fraction of sp³-hybridized carbons (Fsp3) is 0.455. The number of rotatable bonds is 2. The van der Waals surface area contributed by atoms with E-state index < -0.39 is 11.1 Å². The van der Waals surface area contributed by atoms with Crippen LogP contribution in [-0.2, 0) is 6.42 Å². The van der Waals surface area contributed by atoms with Gasteiger partial charge >= 0.3 is 11.1 Å². The van der Waals surface area contributed by atoms with E-state index in [0.717, 1.165) is 13.1 Å². The summed E-state index contributed by atoms with van der Waals surface area (Å²) in [6.07, 6.45) is 0.658. The molecule has 0 bridgehead atoms. The highest BCUT2D eigenvalue weighted by atomic mass is 16.2. The molecule has 3 N–H and O–H groups in total. The third kappa shape index (κ3) is 1.99. The Morgan fingerprint density at radius 3 is 2.68 bits per heavy atom. The van der Waals surface area contributed by atoms with Gasteiger partial charge in [-0.1, -0.05) is 6.92 Å². The lowest BCUT2D eigenvalue weighted by Gasteiger charge is -2.17. The summed E-state index contributed by atoms with van der Waals surface area (Å²) < 4.78 is 0. The van der Waals surface area contributed by atoms with Crippen molar-refractivity contribution in [1.29, 1.82) is 0 Å². The zero-order valence-corrected chi connectivity index (χ0v) is 10.5. The van der Waals surface area contributed by atoms with Crippen molar-refractivity contribution in [1.82, 2.24) is 25.3 Å². The Labute approximate surface area is 107 Å². The Bertz CT molecular complexity index is 728. The minimum atomic E-state index is -0.696. The van der Waals surface area contributed by atoms with Gasteiger partial charge in [0.25, 0.3) is 0 Å². The van der Waals surface area contributed by atoms with Crippen molar-refractivity contribution in [3.8, 4) is 0 Å². The second-order valence-electron chi connectivity index (χ2n) is 4.37. The predicted molar refractivity (Wildman–Crippen MR) is 70.4 cm³/mol. The first-order valence-electron chi connectivity index (χ1n) is 6.18. The minimum Gasteiger partial charge on any atom is -0.341 e. The zero-order valence-electron chi connectivity index (χ0n) is 10.5. The van der Waals surface area contributed by atoms with Crippen LogP contribution >= 0.6 is 0 Å². The SMILES string of the molecule is CCc1nc(N2CCNC2)c2[nH]c(=O)c(=O)[nH]c2n1. The number of aromatic nitrogens is 4. The van der Waals surface area contributed by atoms with E-state index in [1.54, 1.807) is 0 Å². The number of nitrogens with one attached hydrogen (secondary N) is 3. The van der Waals surface area contributed by atoms with Gasteiger partial charge in [0.05, 0.1) is 6.67 Å². The van der Waals surface area contributed by atoms with Gasteiger partial charge in [-0.05, 0) is 0 Å². The maximum absolute atomic E-state index is 11.5. The van der Waals surface area contributed by atoms with Gasteiger partial charge in [0.15, 0.2) is 11.5 Å². The van der Waals surface area contributed by atoms with Crippen LogP contribution in [0.1, 0.15) is 12.7 Å². The molecule has 0 unspecified atom stereocenters. The van der Waals surface area contributed by atoms with Gasteiger partial charge in [0, 0.05) is 19.5 Å². The molecule has 0 amide bonds. The smallest absolute Gasteiger partial charge is 0.315 e. The van der Waals surface area contributed by atoms with Crippen molar-refractivity contribution in [2.75, 3.05) is 24.7 Å². The van der Waals surface area contributed by atoms with Crippen LogP contribution < -0.4 is 21.3 Å². The second-order valence-corrected chi connectivity index (χ2v) is 4.37. The molecule has 0 aromatic carbocycles. The van der Waals surface area contributed by atoms with Gasteiger partial charge in [-0.25, -0.2) is 9.97 Å². The molecule has 1 saturated heterocycles. The Morgan fingerprint density at radius 2 is 2.00 bits per heavy atom. The van der Waals surface area contributed by atoms with Crippen LogP contribution in [0, 0.1) is 0 Å². The summed E-state index contributed by atoms with van der Waals surface area (Å²) in [5.41, 5.74) is -0.531. The average molecular weight is 262 g/mol. The molecule has 2 aromatic heterocycles. The summed E-state index contributed by atoms with van der Waals surface area (Å²) in [6, 6.07) is 0. The fourth-order valence-electron chi connectivity index (χ4n) is 2.11. The number of aromatic amines is 2. The highest BCUT2D eigenvalue weighted by Gasteiger charge is 2.18. The molecular formula is C11H14N6O2. The van der Waals surface area contributed by atoms with Crippen LogP contribution in [0.2, 0.25) is 0 Å². The van der Waals surface area contributed by atoms with Gasteiger partial charge in [-0.2, -0.15) is 0 Å².